The summed E-state index contributed by atoms with van der Waals surface area (Å²) in [6.45, 7) is 1.99. The van der Waals surface area contributed by atoms with Crippen molar-refractivity contribution in [1.82, 2.24) is 5.32 Å². The van der Waals surface area contributed by atoms with Crippen LogP contribution < -0.4 is 15.5 Å². The summed E-state index contributed by atoms with van der Waals surface area (Å²) < 4.78 is 25.1. The van der Waals surface area contributed by atoms with Crippen molar-refractivity contribution < 1.29 is 13.5 Å². The summed E-state index contributed by atoms with van der Waals surface area (Å²) in [6.07, 6.45) is 3.53. The molecule has 3 N–H and O–H groups in total. The third-order valence-corrected chi connectivity index (χ3v) is 8.36. The maximum atomic E-state index is 13.1. The fourth-order valence-electron chi connectivity index (χ4n) is 3.81. The van der Waals surface area contributed by atoms with Gasteiger partial charge in [-0.2, -0.15) is 0 Å². The molecule has 1 aromatic carbocycles. The number of hydrogen-bond acceptors (Lipinski definition) is 6. The number of piperidine rings is 1. The Morgan fingerprint density at radius 1 is 1.31 bits per heavy atom. The van der Waals surface area contributed by atoms with Crippen molar-refractivity contribution in [2.75, 3.05) is 50.6 Å². The molecule has 1 heterocycles. The van der Waals surface area contributed by atoms with Crippen molar-refractivity contribution in [3.8, 4) is 0 Å². The highest BCUT2D eigenvalue weighted by molar-refractivity contribution is 7.92. The van der Waals surface area contributed by atoms with Crippen LogP contribution in [0.25, 0.3) is 0 Å². The highest BCUT2D eigenvalue weighted by Crippen LogP contribution is 2.35. The van der Waals surface area contributed by atoms with E-state index in [1.807, 2.05) is 25.2 Å². The summed E-state index contributed by atoms with van der Waals surface area (Å²) in [5.74, 6) is 0.753. The van der Waals surface area contributed by atoms with Gasteiger partial charge in [0.2, 0.25) is 0 Å². The van der Waals surface area contributed by atoms with E-state index in [1.165, 1.54) is 12.8 Å². The minimum atomic E-state index is -3.45. The van der Waals surface area contributed by atoms with Crippen LogP contribution in [0.5, 0.6) is 0 Å². The summed E-state index contributed by atoms with van der Waals surface area (Å²) >= 11 is 0. The smallest absolute Gasteiger partial charge is 0.162 e. The van der Waals surface area contributed by atoms with Gasteiger partial charge in [-0.25, -0.2) is 8.42 Å². The molecule has 7 heteroatoms. The summed E-state index contributed by atoms with van der Waals surface area (Å²) in [7, 11) is 0.503. The SMILES string of the molecule is CNc1cc(CS(=O)(=O)C2(CO)CCNCC2)ccc1N(C)CC1CC1. The standard InChI is InChI=1S/C19H31N3O3S/c1-20-17-11-16(5-6-18(17)22(2)12-15-3-4-15)13-26(24,25)19(14-23)7-9-21-10-8-19/h5-6,11,15,20-21,23H,3-4,7-10,12-14H2,1-2H3. The lowest BCUT2D eigenvalue weighted by Gasteiger charge is -2.35. The lowest BCUT2D eigenvalue weighted by atomic mass is 9.98. The van der Waals surface area contributed by atoms with Crippen molar-refractivity contribution in [2.24, 2.45) is 5.92 Å². The van der Waals surface area contributed by atoms with Gasteiger partial charge < -0.3 is 20.6 Å². The van der Waals surface area contributed by atoms with Crippen molar-refractivity contribution in [2.45, 2.75) is 36.2 Å². The Hall–Kier alpha value is -1.31. The van der Waals surface area contributed by atoms with E-state index in [4.69, 9.17) is 0 Å². The lowest BCUT2D eigenvalue weighted by molar-refractivity contribution is 0.211. The average Bonchev–Trinajstić information content (AvgIpc) is 3.45. The van der Waals surface area contributed by atoms with Gasteiger partial charge >= 0.3 is 0 Å². The largest absolute Gasteiger partial charge is 0.395 e. The van der Waals surface area contributed by atoms with E-state index in [1.54, 1.807) is 0 Å². The zero-order chi connectivity index (χ0) is 18.8. The van der Waals surface area contributed by atoms with E-state index in [9.17, 15) is 13.5 Å². The summed E-state index contributed by atoms with van der Waals surface area (Å²) in [6, 6.07) is 5.85. The first-order valence-corrected chi connectivity index (χ1v) is 11.1. The molecule has 1 aromatic rings. The molecule has 0 spiro atoms. The molecule has 0 amide bonds. The van der Waals surface area contributed by atoms with Gasteiger partial charge in [0.25, 0.3) is 0 Å². The fraction of sp³-hybridized carbons (Fsp3) is 0.684. The van der Waals surface area contributed by atoms with Gasteiger partial charge in [0, 0.05) is 20.6 Å². The van der Waals surface area contributed by atoms with Gasteiger partial charge in [-0.1, -0.05) is 6.07 Å². The average molecular weight is 382 g/mol. The molecule has 6 nitrogen and oxygen atoms in total. The maximum Gasteiger partial charge on any atom is 0.162 e. The van der Waals surface area contributed by atoms with Gasteiger partial charge in [0.1, 0.15) is 0 Å². The highest BCUT2D eigenvalue weighted by Gasteiger charge is 2.43. The van der Waals surface area contributed by atoms with Crippen LogP contribution >= 0.6 is 0 Å². The summed E-state index contributed by atoms with van der Waals surface area (Å²) in [5.41, 5.74) is 2.81. The number of nitrogens with one attached hydrogen (secondary N) is 2. The number of rotatable bonds is 8. The van der Waals surface area contributed by atoms with E-state index in [2.05, 4.69) is 22.6 Å². The molecule has 0 radical (unpaired) electrons. The summed E-state index contributed by atoms with van der Waals surface area (Å²) in [5, 5.41) is 16.2. The van der Waals surface area contributed by atoms with Crippen molar-refractivity contribution in [1.29, 1.82) is 0 Å². The Balaban J connectivity index is 1.80. The number of benzene rings is 1. The predicted octanol–water partition coefficient (Wildman–Crippen LogP) is 1.60. The molecule has 0 atom stereocenters. The molecule has 2 aliphatic rings. The van der Waals surface area contributed by atoms with Crippen LogP contribution in [-0.4, -0.2) is 58.6 Å². The van der Waals surface area contributed by atoms with Crippen LogP contribution in [-0.2, 0) is 15.6 Å². The molecule has 0 unspecified atom stereocenters. The number of aliphatic hydroxyl groups excluding tert-OH is 1. The number of anilines is 2. The molecular weight excluding hydrogens is 350 g/mol. The van der Waals surface area contributed by atoms with E-state index >= 15 is 0 Å². The zero-order valence-corrected chi connectivity index (χ0v) is 16.6. The maximum absolute atomic E-state index is 13.1. The van der Waals surface area contributed by atoms with E-state index in [0.717, 1.165) is 29.4 Å². The normalized spacial score (nSPS) is 20.0. The Morgan fingerprint density at radius 2 is 2.00 bits per heavy atom. The number of hydrogen-bond donors (Lipinski definition) is 3. The Labute approximate surface area is 156 Å². The van der Waals surface area contributed by atoms with Crippen LogP contribution in [0.4, 0.5) is 11.4 Å². The third-order valence-electron chi connectivity index (χ3n) is 5.79. The number of aliphatic hydroxyl groups is 1. The predicted molar refractivity (Wildman–Crippen MR) is 107 cm³/mol. The highest BCUT2D eigenvalue weighted by atomic mass is 32.2. The minimum absolute atomic E-state index is 0.0329. The Bertz CT molecular complexity index is 726. The molecule has 1 saturated carbocycles. The van der Waals surface area contributed by atoms with Gasteiger partial charge in [-0.15, -0.1) is 0 Å². The molecule has 3 rings (SSSR count). The van der Waals surface area contributed by atoms with Gasteiger partial charge in [-0.3, -0.25) is 0 Å². The molecule has 0 aromatic heterocycles. The monoisotopic (exact) mass is 381 g/mol. The molecule has 26 heavy (non-hydrogen) atoms. The number of sulfone groups is 1. The minimum Gasteiger partial charge on any atom is -0.395 e. The Kier molecular flexibility index (Phi) is 5.79. The first kappa shape index (κ1) is 19.5. The van der Waals surface area contributed by atoms with Gasteiger partial charge in [0.15, 0.2) is 9.84 Å². The molecule has 146 valence electrons. The second kappa shape index (κ2) is 7.74. The van der Waals surface area contributed by atoms with Crippen molar-refractivity contribution >= 4 is 21.2 Å². The molecule has 2 fully saturated rings. The van der Waals surface area contributed by atoms with Gasteiger partial charge in [0.05, 0.1) is 28.5 Å². The molecule has 1 aliphatic carbocycles. The van der Waals surface area contributed by atoms with Crippen LogP contribution in [0.2, 0.25) is 0 Å². The first-order chi connectivity index (χ1) is 12.4. The van der Waals surface area contributed by atoms with Crippen LogP contribution in [0.15, 0.2) is 18.2 Å². The van der Waals surface area contributed by atoms with Gasteiger partial charge in [-0.05, 0) is 62.4 Å². The van der Waals surface area contributed by atoms with Crippen molar-refractivity contribution in [3.05, 3.63) is 23.8 Å². The zero-order valence-electron chi connectivity index (χ0n) is 15.8. The topological polar surface area (TPSA) is 81.7 Å². The molecular formula is C19H31N3O3S. The van der Waals surface area contributed by atoms with E-state index in [-0.39, 0.29) is 12.4 Å². The van der Waals surface area contributed by atoms with Crippen LogP contribution in [0.1, 0.15) is 31.2 Å². The number of nitrogens with zero attached hydrogens (tertiary/aromatic N) is 1. The quantitative estimate of drug-likeness (QED) is 0.635. The Morgan fingerprint density at radius 3 is 2.58 bits per heavy atom. The van der Waals surface area contributed by atoms with Crippen LogP contribution in [0.3, 0.4) is 0 Å². The second-order valence-electron chi connectivity index (χ2n) is 7.78. The molecule has 1 saturated heterocycles. The summed E-state index contributed by atoms with van der Waals surface area (Å²) in [4.78, 5) is 2.24. The fourth-order valence-corrected chi connectivity index (χ4v) is 5.76. The van der Waals surface area contributed by atoms with Crippen LogP contribution in [0, 0.1) is 5.92 Å². The first-order valence-electron chi connectivity index (χ1n) is 9.46. The third kappa shape index (κ3) is 4.00. The second-order valence-corrected chi connectivity index (χ2v) is 10.2. The molecule has 1 aliphatic heterocycles. The molecule has 0 bridgehead atoms. The van der Waals surface area contributed by atoms with Crippen molar-refractivity contribution in [3.63, 3.8) is 0 Å². The van der Waals surface area contributed by atoms with E-state index < -0.39 is 14.6 Å². The van der Waals surface area contributed by atoms with E-state index in [0.29, 0.717) is 25.9 Å². The lowest BCUT2D eigenvalue weighted by Crippen LogP contribution is -2.50.